The van der Waals surface area contributed by atoms with Gasteiger partial charge in [-0.3, -0.25) is 9.69 Å². The number of nitrogens with zero attached hydrogens (tertiary/aromatic N) is 2. The van der Waals surface area contributed by atoms with Crippen LogP contribution in [0.5, 0.6) is 0 Å². The predicted molar refractivity (Wildman–Crippen MR) is 121 cm³/mol. The topological polar surface area (TPSA) is 92.8 Å². The summed E-state index contributed by atoms with van der Waals surface area (Å²) in [7, 11) is -3.81. The fraction of sp³-hybridized carbons (Fsp3) is 0. The average molecular weight is 454 g/mol. The van der Waals surface area contributed by atoms with E-state index in [-0.39, 0.29) is 16.6 Å². The summed E-state index contributed by atoms with van der Waals surface area (Å²) in [5, 5.41) is 5.55. The number of thioether (sulfide) groups is 1. The summed E-state index contributed by atoms with van der Waals surface area (Å²) in [5.41, 5.74) is 1.79. The molecule has 3 aromatic carbocycles. The van der Waals surface area contributed by atoms with Gasteiger partial charge in [0, 0.05) is 0 Å². The van der Waals surface area contributed by atoms with Crippen molar-refractivity contribution in [3.05, 3.63) is 95.1 Å². The Hall–Kier alpha value is -3.27. The van der Waals surface area contributed by atoms with E-state index in [2.05, 4.69) is 4.99 Å². The van der Waals surface area contributed by atoms with Gasteiger partial charge >= 0.3 is 0 Å². The fourth-order valence-corrected chi connectivity index (χ4v) is 4.40. The number of amidine groups is 1. The molecule has 0 spiro atoms. The van der Waals surface area contributed by atoms with Crippen LogP contribution >= 0.6 is 11.8 Å². The van der Waals surface area contributed by atoms with Gasteiger partial charge in [-0.2, -0.15) is 0 Å². The number of carbonyl (C=O) groups is 1. The van der Waals surface area contributed by atoms with Crippen molar-refractivity contribution in [3.8, 4) is 0 Å². The first-order valence-electron chi connectivity index (χ1n) is 9.07. The molecule has 0 radical (unpaired) electrons. The minimum atomic E-state index is -3.81. The molecule has 1 saturated heterocycles. The molecule has 31 heavy (non-hydrogen) atoms. The van der Waals surface area contributed by atoms with Gasteiger partial charge in [0.1, 0.15) is 5.82 Å². The maximum absolute atomic E-state index is 13.2. The van der Waals surface area contributed by atoms with Crippen LogP contribution in [0.3, 0.4) is 0 Å². The molecule has 0 aromatic heterocycles. The monoisotopic (exact) mass is 453 g/mol. The van der Waals surface area contributed by atoms with Gasteiger partial charge in [0.05, 0.1) is 21.2 Å². The molecule has 6 nitrogen and oxygen atoms in total. The molecular weight excluding hydrogens is 437 g/mol. The average Bonchev–Trinajstić information content (AvgIpc) is 3.04. The Balaban J connectivity index is 1.74. The molecule has 1 aliphatic heterocycles. The zero-order valence-corrected chi connectivity index (χ0v) is 17.6. The van der Waals surface area contributed by atoms with Gasteiger partial charge in [0.25, 0.3) is 5.91 Å². The Morgan fingerprint density at radius 1 is 0.935 bits per heavy atom. The minimum absolute atomic E-state index is 0.0246. The normalized spacial score (nSPS) is 17.0. The van der Waals surface area contributed by atoms with E-state index >= 15 is 0 Å². The Morgan fingerprint density at radius 3 is 2.19 bits per heavy atom. The van der Waals surface area contributed by atoms with Crippen LogP contribution in [-0.4, -0.2) is 19.5 Å². The van der Waals surface area contributed by atoms with E-state index in [0.29, 0.717) is 27.0 Å². The van der Waals surface area contributed by atoms with Gasteiger partial charge in [0.15, 0.2) is 5.17 Å². The summed E-state index contributed by atoms with van der Waals surface area (Å²) in [6.07, 6.45) is 1.68. The van der Waals surface area contributed by atoms with Crippen LogP contribution in [0.1, 0.15) is 5.56 Å². The lowest BCUT2D eigenvalue weighted by Gasteiger charge is -2.15. The number of sulfonamides is 1. The number of amides is 1. The second kappa shape index (κ2) is 8.46. The van der Waals surface area contributed by atoms with E-state index in [0.717, 1.165) is 0 Å². The van der Waals surface area contributed by atoms with E-state index in [1.54, 1.807) is 30.3 Å². The third-order valence-electron chi connectivity index (χ3n) is 4.38. The lowest BCUT2D eigenvalue weighted by molar-refractivity contribution is -0.113. The number of primary sulfonamides is 1. The second-order valence-corrected chi connectivity index (χ2v) is 9.14. The molecule has 0 unspecified atom stereocenters. The smallest absolute Gasteiger partial charge is 0.268 e. The fourth-order valence-electron chi connectivity index (χ4n) is 2.88. The van der Waals surface area contributed by atoms with Crippen molar-refractivity contribution < 1.29 is 17.6 Å². The molecular formula is C22H16FN3O3S2. The standard InChI is InChI=1S/C22H16FN3O3S2/c23-16-8-6-15(7-9-16)14-20-21(27)26(18-4-2-1-3-5-18)22(30-20)25-17-10-12-19(13-11-17)31(24,28)29/h1-14H,(H2,24,28,29). The molecule has 1 aliphatic rings. The highest BCUT2D eigenvalue weighted by atomic mass is 32.2. The highest BCUT2D eigenvalue weighted by Gasteiger charge is 2.34. The number of benzene rings is 3. The molecule has 9 heteroatoms. The number of para-hydroxylation sites is 1. The quantitative estimate of drug-likeness (QED) is 0.597. The highest BCUT2D eigenvalue weighted by molar-refractivity contribution is 8.19. The molecule has 3 aromatic rings. The highest BCUT2D eigenvalue weighted by Crippen LogP contribution is 2.37. The van der Waals surface area contributed by atoms with Crippen molar-refractivity contribution in [2.45, 2.75) is 4.90 Å². The third-order valence-corrected chi connectivity index (χ3v) is 6.28. The van der Waals surface area contributed by atoms with Crippen molar-refractivity contribution in [1.29, 1.82) is 0 Å². The number of carbonyl (C=O) groups excluding carboxylic acids is 1. The van der Waals surface area contributed by atoms with Gasteiger partial charge in [-0.25, -0.2) is 22.9 Å². The summed E-state index contributed by atoms with van der Waals surface area (Å²) >= 11 is 1.18. The van der Waals surface area contributed by atoms with Gasteiger partial charge in [-0.15, -0.1) is 0 Å². The summed E-state index contributed by atoms with van der Waals surface area (Å²) < 4.78 is 36.1. The first-order valence-corrected chi connectivity index (χ1v) is 11.4. The van der Waals surface area contributed by atoms with E-state index < -0.39 is 10.0 Å². The van der Waals surface area contributed by atoms with Crippen molar-refractivity contribution in [1.82, 2.24) is 0 Å². The van der Waals surface area contributed by atoms with Crippen LogP contribution in [0.15, 0.2) is 93.7 Å². The molecule has 2 N–H and O–H groups in total. The number of aliphatic imine (C=N–C) groups is 1. The number of nitrogens with two attached hydrogens (primary N) is 1. The van der Waals surface area contributed by atoms with E-state index in [1.165, 1.54) is 53.1 Å². The van der Waals surface area contributed by atoms with Crippen LogP contribution in [0.4, 0.5) is 15.8 Å². The van der Waals surface area contributed by atoms with Crippen LogP contribution < -0.4 is 10.0 Å². The maximum Gasteiger partial charge on any atom is 0.271 e. The van der Waals surface area contributed by atoms with Crippen molar-refractivity contribution >= 4 is 50.3 Å². The molecule has 0 aliphatic carbocycles. The Labute approximate surface area is 183 Å². The number of hydrogen-bond donors (Lipinski definition) is 1. The first kappa shape index (κ1) is 21.0. The maximum atomic E-state index is 13.2. The van der Waals surface area contributed by atoms with Crippen LogP contribution in [-0.2, 0) is 14.8 Å². The van der Waals surface area contributed by atoms with Crippen molar-refractivity contribution in [2.75, 3.05) is 4.90 Å². The summed E-state index contributed by atoms with van der Waals surface area (Å²) in [4.78, 5) is 19.6. The Kier molecular flexibility index (Phi) is 5.73. The Bertz CT molecular complexity index is 1290. The van der Waals surface area contributed by atoms with E-state index in [9.17, 15) is 17.6 Å². The lowest BCUT2D eigenvalue weighted by atomic mass is 10.2. The summed E-state index contributed by atoms with van der Waals surface area (Å²) in [6, 6.07) is 20.6. The molecule has 0 bridgehead atoms. The molecule has 0 atom stereocenters. The molecule has 1 heterocycles. The molecule has 4 rings (SSSR count). The number of halogens is 1. The van der Waals surface area contributed by atoms with Gasteiger partial charge in [-0.1, -0.05) is 30.3 Å². The molecule has 0 saturated carbocycles. The molecule has 1 amide bonds. The van der Waals surface area contributed by atoms with E-state index in [4.69, 9.17) is 5.14 Å². The molecule has 1 fully saturated rings. The first-order chi connectivity index (χ1) is 14.8. The third kappa shape index (κ3) is 4.74. The van der Waals surface area contributed by atoms with Crippen LogP contribution in [0.25, 0.3) is 6.08 Å². The number of hydrogen-bond acceptors (Lipinski definition) is 5. The van der Waals surface area contributed by atoms with Crippen molar-refractivity contribution in [3.63, 3.8) is 0 Å². The molecule has 156 valence electrons. The van der Waals surface area contributed by atoms with Crippen molar-refractivity contribution in [2.24, 2.45) is 10.1 Å². The van der Waals surface area contributed by atoms with Gasteiger partial charge < -0.3 is 0 Å². The predicted octanol–water partition coefficient (Wildman–Crippen LogP) is 4.28. The largest absolute Gasteiger partial charge is 0.271 e. The zero-order valence-electron chi connectivity index (χ0n) is 16.0. The zero-order chi connectivity index (χ0) is 22.0. The van der Waals surface area contributed by atoms with Gasteiger partial charge in [-0.05, 0) is 71.9 Å². The number of rotatable bonds is 4. The summed E-state index contributed by atoms with van der Waals surface area (Å²) in [5.74, 6) is -0.621. The second-order valence-electron chi connectivity index (χ2n) is 6.57. The van der Waals surface area contributed by atoms with Gasteiger partial charge in [0.2, 0.25) is 10.0 Å². The van der Waals surface area contributed by atoms with E-state index in [1.807, 2.05) is 18.2 Å². The van der Waals surface area contributed by atoms with Crippen LogP contribution in [0, 0.1) is 5.82 Å². The number of anilines is 1. The SMILES string of the molecule is NS(=O)(=O)c1ccc(N=C2SC(=Cc3ccc(F)cc3)C(=O)N2c2ccccc2)cc1. The lowest BCUT2D eigenvalue weighted by Crippen LogP contribution is -2.28. The van der Waals surface area contributed by atoms with Crippen LogP contribution in [0.2, 0.25) is 0 Å². The minimum Gasteiger partial charge on any atom is -0.268 e. The Morgan fingerprint density at radius 2 is 1.58 bits per heavy atom. The summed E-state index contributed by atoms with van der Waals surface area (Å²) in [6.45, 7) is 0.